The van der Waals surface area contributed by atoms with Gasteiger partial charge in [-0.1, -0.05) is 18.2 Å². The third-order valence-electron chi connectivity index (χ3n) is 3.65. The lowest BCUT2D eigenvalue weighted by Crippen LogP contribution is -2.31. The summed E-state index contributed by atoms with van der Waals surface area (Å²) in [5.74, 6) is 1.44. The van der Waals surface area contributed by atoms with Gasteiger partial charge in [-0.2, -0.15) is 0 Å². The summed E-state index contributed by atoms with van der Waals surface area (Å²) >= 11 is 0. The molecular formula is C16H24N2O2. The maximum atomic E-state index is 12.3. The lowest BCUT2D eigenvalue weighted by molar-refractivity contribution is -0.129. The van der Waals surface area contributed by atoms with Crippen molar-refractivity contribution in [3.05, 3.63) is 29.8 Å². The molecule has 2 rings (SSSR count). The highest BCUT2D eigenvalue weighted by molar-refractivity contribution is 5.79. The van der Waals surface area contributed by atoms with Crippen molar-refractivity contribution in [3.63, 3.8) is 0 Å². The average molecular weight is 276 g/mol. The Morgan fingerprint density at radius 3 is 2.85 bits per heavy atom. The zero-order valence-electron chi connectivity index (χ0n) is 12.3. The van der Waals surface area contributed by atoms with Crippen molar-refractivity contribution in [2.75, 3.05) is 19.6 Å². The highest BCUT2D eigenvalue weighted by Gasteiger charge is 2.25. The van der Waals surface area contributed by atoms with Gasteiger partial charge >= 0.3 is 0 Å². The normalized spacial score (nSPS) is 18.6. The van der Waals surface area contributed by atoms with E-state index >= 15 is 0 Å². The van der Waals surface area contributed by atoms with Crippen LogP contribution in [0.3, 0.4) is 0 Å². The van der Waals surface area contributed by atoms with Crippen LogP contribution in [-0.4, -0.2) is 36.5 Å². The highest BCUT2D eigenvalue weighted by atomic mass is 16.5. The van der Waals surface area contributed by atoms with Crippen molar-refractivity contribution >= 4 is 5.91 Å². The number of hydrogen-bond donors (Lipinski definition) is 1. The van der Waals surface area contributed by atoms with Gasteiger partial charge in [0.1, 0.15) is 5.75 Å². The number of ether oxygens (including phenoxy) is 1. The predicted octanol–water partition coefficient (Wildman–Crippen LogP) is 1.82. The Bertz CT molecular complexity index is 460. The fraction of sp³-hybridized carbons (Fsp3) is 0.562. The first-order chi connectivity index (χ1) is 9.60. The number of nitrogens with two attached hydrogens (primary N) is 1. The topological polar surface area (TPSA) is 55.6 Å². The second-order valence-electron chi connectivity index (χ2n) is 5.68. The van der Waals surface area contributed by atoms with Crippen LogP contribution in [0.1, 0.15) is 25.8 Å². The third-order valence-corrected chi connectivity index (χ3v) is 3.65. The monoisotopic (exact) mass is 276 g/mol. The zero-order chi connectivity index (χ0) is 14.5. The summed E-state index contributed by atoms with van der Waals surface area (Å²) in [5, 5.41) is 0. The Balaban J connectivity index is 2.01. The molecule has 1 fully saturated rings. The molecule has 1 aromatic rings. The van der Waals surface area contributed by atoms with E-state index in [1.807, 2.05) is 43.0 Å². The molecule has 0 bridgehead atoms. The summed E-state index contributed by atoms with van der Waals surface area (Å²) in [7, 11) is 0. The van der Waals surface area contributed by atoms with E-state index in [9.17, 15) is 4.79 Å². The van der Waals surface area contributed by atoms with Crippen molar-refractivity contribution in [2.45, 2.75) is 32.8 Å². The van der Waals surface area contributed by atoms with Gasteiger partial charge < -0.3 is 15.4 Å². The summed E-state index contributed by atoms with van der Waals surface area (Å²) in [4.78, 5) is 14.3. The van der Waals surface area contributed by atoms with Gasteiger partial charge in [0.2, 0.25) is 5.91 Å². The maximum Gasteiger partial charge on any atom is 0.227 e. The number of nitrogens with zero attached hydrogens (tertiary/aromatic N) is 1. The molecule has 1 heterocycles. The van der Waals surface area contributed by atoms with Crippen LogP contribution in [0.25, 0.3) is 0 Å². The SMILES string of the molecule is CC(C)Oc1ccccc1CC(=O)N1CC[C@@H](CN)C1. The van der Waals surface area contributed by atoms with Crippen LogP contribution in [0.15, 0.2) is 24.3 Å². The molecule has 2 N–H and O–H groups in total. The molecule has 0 aliphatic carbocycles. The quantitative estimate of drug-likeness (QED) is 0.892. The number of benzene rings is 1. The number of carbonyl (C=O) groups is 1. The van der Waals surface area contributed by atoms with E-state index in [-0.39, 0.29) is 12.0 Å². The van der Waals surface area contributed by atoms with Gasteiger partial charge in [0.25, 0.3) is 0 Å². The van der Waals surface area contributed by atoms with Crippen LogP contribution in [0, 0.1) is 5.92 Å². The molecule has 0 saturated carbocycles. The smallest absolute Gasteiger partial charge is 0.227 e. The van der Waals surface area contributed by atoms with E-state index in [1.165, 1.54) is 0 Å². The fourth-order valence-corrected chi connectivity index (χ4v) is 2.55. The molecule has 1 aromatic carbocycles. The molecule has 1 atom stereocenters. The van der Waals surface area contributed by atoms with Gasteiger partial charge in [-0.3, -0.25) is 4.79 Å². The molecule has 110 valence electrons. The van der Waals surface area contributed by atoms with Crippen LogP contribution >= 0.6 is 0 Å². The van der Waals surface area contributed by atoms with Crippen molar-refractivity contribution in [1.29, 1.82) is 0 Å². The zero-order valence-corrected chi connectivity index (χ0v) is 12.3. The van der Waals surface area contributed by atoms with E-state index in [1.54, 1.807) is 0 Å². The first-order valence-corrected chi connectivity index (χ1v) is 7.32. The Labute approximate surface area is 120 Å². The van der Waals surface area contributed by atoms with Crippen LogP contribution in [-0.2, 0) is 11.2 Å². The number of para-hydroxylation sites is 1. The van der Waals surface area contributed by atoms with Crippen molar-refractivity contribution in [3.8, 4) is 5.75 Å². The van der Waals surface area contributed by atoms with Crippen LogP contribution in [0.4, 0.5) is 0 Å². The predicted molar refractivity (Wildman–Crippen MR) is 79.7 cm³/mol. The minimum Gasteiger partial charge on any atom is -0.491 e. The van der Waals surface area contributed by atoms with Gasteiger partial charge in [-0.05, 0) is 38.8 Å². The minimum atomic E-state index is 0.111. The summed E-state index contributed by atoms with van der Waals surface area (Å²) in [6.45, 7) is 6.27. The molecule has 4 heteroatoms. The minimum absolute atomic E-state index is 0.111. The molecule has 1 amide bonds. The molecular weight excluding hydrogens is 252 g/mol. The van der Waals surface area contributed by atoms with Gasteiger partial charge in [0, 0.05) is 18.7 Å². The van der Waals surface area contributed by atoms with E-state index in [0.29, 0.717) is 18.9 Å². The van der Waals surface area contributed by atoms with Crippen molar-refractivity contribution < 1.29 is 9.53 Å². The third kappa shape index (κ3) is 3.73. The van der Waals surface area contributed by atoms with E-state index in [0.717, 1.165) is 30.8 Å². The molecule has 0 aromatic heterocycles. The Hall–Kier alpha value is -1.55. The summed E-state index contributed by atoms with van der Waals surface area (Å²) in [6.07, 6.45) is 1.53. The largest absolute Gasteiger partial charge is 0.491 e. The number of hydrogen-bond acceptors (Lipinski definition) is 3. The Kier molecular flexibility index (Phi) is 5.01. The van der Waals surface area contributed by atoms with E-state index in [4.69, 9.17) is 10.5 Å². The fourth-order valence-electron chi connectivity index (χ4n) is 2.55. The standard InChI is InChI=1S/C16H24N2O2/c1-12(2)20-15-6-4-3-5-14(15)9-16(19)18-8-7-13(10-17)11-18/h3-6,12-13H,7-11,17H2,1-2H3/t13-/m0/s1. The molecule has 1 saturated heterocycles. The van der Waals surface area contributed by atoms with Gasteiger partial charge in [0.05, 0.1) is 12.5 Å². The van der Waals surface area contributed by atoms with Gasteiger partial charge in [-0.25, -0.2) is 0 Å². The molecule has 0 unspecified atom stereocenters. The maximum absolute atomic E-state index is 12.3. The average Bonchev–Trinajstić information content (AvgIpc) is 2.89. The van der Waals surface area contributed by atoms with Gasteiger partial charge in [0.15, 0.2) is 0 Å². The second-order valence-corrected chi connectivity index (χ2v) is 5.68. The summed E-state index contributed by atoms with van der Waals surface area (Å²) in [5.41, 5.74) is 6.63. The summed E-state index contributed by atoms with van der Waals surface area (Å²) in [6, 6.07) is 7.77. The second kappa shape index (κ2) is 6.75. The molecule has 20 heavy (non-hydrogen) atoms. The number of likely N-dealkylation sites (tertiary alicyclic amines) is 1. The molecule has 4 nitrogen and oxygen atoms in total. The van der Waals surface area contributed by atoms with Crippen LogP contribution in [0.5, 0.6) is 5.75 Å². The van der Waals surface area contributed by atoms with Gasteiger partial charge in [-0.15, -0.1) is 0 Å². The van der Waals surface area contributed by atoms with Crippen molar-refractivity contribution in [2.24, 2.45) is 11.7 Å². The number of rotatable bonds is 5. The Morgan fingerprint density at radius 1 is 1.45 bits per heavy atom. The van der Waals surface area contributed by atoms with Crippen LogP contribution in [0.2, 0.25) is 0 Å². The Morgan fingerprint density at radius 2 is 2.20 bits per heavy atom. The molecule has 0 spiro atoms. The lowest BCUT2D eigenvalue weighted by Gasteiger charge is -2.18. The summed E-state index contributed by atoms with van der Waals surface area (Å²) < 4.78 is 5.76. The molecule has 0 radical (unpaired) electrons. The molecule has 1 aliphatic rings. The van der Waals surface area contributed by atoms with Crippen LogP contribution < -0.4 is 10.5 Å². The number of amides is 1. The van der Waals surface area contributed by atoms with E-state index < -0.39 is 0 Å². The lowest BCUT2D eigenvalue weighted by atomic mass is 10.1. The van der Waals surface area contributed by atoms with Crippen molar-refractivity contribution in [1.82, 2.24) is 4.90 Å². The first kappa shape index (κ1) is 14.9. The van der Waals surface area contributed by atoms with E-state index in [2.05, 4.69) is 0 Å². The molecule has 1 aliphatic heterocycles. The highest BCUT2D eigenvalue weighted by Crippen LogP contribution is 2.22. The number of carbonyl (C=O) groups excluding carboxylic acids is 1. The first-order valence-electron chi connectivity index (χ1n) is 7.32.